The smallest absolute Gasteiger partial charge is 0.289 e. The van der Waals surface area contributed by atoms with Crippen LogP contribution in [0.2, 0.25) is 0 Å². The molecule has 2 aliphatic rings. The number of rotatable bonds is 2. The van der Waals surface area contributed by atoms with Gasteiger partial charge in [0.2, 0.25) is 0 Å². The van der Waals surface area contributed by atoms with Crippen LogP contribution in [0.3, 0.4) is 0 Å². The second kappa shape index (κ2) is 5.53. The first-order chi connectivity index (χ1) is 11.2. The highest BCUT2D eigenvalue weighted by Crippen LogP contribution is 2.45. The van der Waals surface area contributed by atoms with Crippen LogP contribution >= 0.6 is 0 Å². The van der Waals surface area contributed by atoms with Gasteiger partial charge in [0.15, 0.2) is 5.76 Å². The maximum Gasteiger partial charge on any atom is 0.289 e. The quantitative estimate of drug-likeness (QED) is 0.856. The van der Waals surface area contributed by atoms with Crippen molar-refractivity contribution in [3.63, 3.8) is 0 Å². The van der Waals surface area contributed by atoms with Crippen LogP contribution in [0.15, 0.2) is 53.1 Å². The number of amides is 1. The molecule has 2 atom stereocenters. The third kappa shape index (κ3) is 2.29. The number of hydrogen-bond donors (Lipinski definition) is 0. The Morgan fingerprint density at radius 2 is 1.91 bits per heavy atom. The SMILES string of the molecule is CN1CC[C@@]2(c3ccccc3)CCN(C(=O)c3ccco3)C[C@H]12. The normalized spacial score (nSPS) is 27.9. The highest BCUT2D eigenvalue weighted by molar-refractivity contribution is 5.91. The van der Waals surface area contributed by atoms with Gasteiger partial charge in [-0.25, -0.2) is 0 Å². The van der Waals surface area contributed by atoms with E-state index in [1.807, 2.05) is 4.90 Å². The standard InChI is InChI=1S/C19H22N2O2/c1-20-11-9-19(15-6-3-2-4-7-15)10-12-21(14-17(19)20)18(22)16-8-5-13-23-16/h2-8,13,17H,9-12,14H2,1H3/t17-,19-/m0/s1. The van der Waals surface area contributed by atoms with Crippen molar-refractivity contribution in [2.24, 2.45) is 0 Å². The topological polar surface area (TPSA) is 36.7 Å². The Kier molecular flexibility index (Phi) is 3.49. The zero-order valence-electron chi connectivity index (χ0n) is 13.4. The predicted octanol–water partition coefficient (Wildman–Crippen LogP) is 2.77. The molecular weight excluding hydrogens is 288 g/mol. The Morgan fingerprint density at radius 1 is 1.13 bits per heavy atom. The Bertz CT molecular complexity index is 683. The minimum atomic E-state index is 0.0111. The number of furan rings is 1. The lowest BCUT2D eigenvalue weighted by molar-refractivity contribution is 0.0524. The van der Waals surface area contributed by atoms with Gasteiger partial charge in [0.05, 0.1) is 6.26 Å². The van der Waals surface area contributed by atoms with Crippen LogP contribution in [-0.2, 0) is 5.41 Å². The summed E-state index contributed by atoms with van der Waals surface area (Å²) in [6, 6.07) is 14.7. The van der Waals surface area contributed by atoms with E-state index in [1.54, 1.807) is 18.4 Å². The molecule has 2 fully saturated rings. The van der Waals surface area contributed by atoms with Gasteiger partial charge < -0.3 is 14.2 Å². The Hall–Kier alpha value is -2.07. The summed E-state index contributed by atoms with van der Waals surface area (Å²) >= 11 is 0. The van der Waals surface area contributed by atoms with Crippen molar-refractivity contribution in [1.82, 2.24) is 9.80 Å². The summed E-state index contributed by atoms with van der Waals surface area (Å²) in [5.74, 6) is 0.454. The number of hydrogen-bond acceptors (Lipinski definition) is 3. The summed E-state index contributed by atoms with van der Waals surface area (Å²) in [6.07, 6.45) is 3.74. The van der Waals surface area contributed by atoms with Gasteiger partial charge in [-0.3, -0.25) is 4.79 Å². The molecule has 1 aromatic carbocycles. The molecule has 0 bridgehead atoms. The summed E-state index contributed by atoms with van der Waals surface area (Å²) in [7, 11) is 2.18. The fourth-order valence-corrected chi connectivity index (χ4v) is 4.35. The van der Waals surface area contributed by atoms with E-state index in [9.17, 15) is 4.79 Å². The number of nitrogens with zero attached hydrogens (tertiary/aromatic N) is 2. The number of fused-ring (bicyclic) bond motifs is 1. The van der Waals surface area contributed by atoms with E-state index in [0.29, 0.717) is 11.8 Å². The lowest BCUT2D eigenvalue weighted by atomic mass is 9.69. The fourth-order valence-electron chi connectivity index (χ4n) is 4.35. The molecule has 0 spiro atoms. The van der Waals surface area contributed by atoms with Crippen molar-refractivity contribution < 1.29 is 9.21 Å². The first kappa shape index (κ1) is 14.5. The van der Waals surface area contributed by atoms with Gasteiger partial charge in [-0.15, -0.1) is 0 Å². The molecule has 4 heteroatoms. The lowest BCUT2D eigenvalue weighted by Gasteiger charge is -2.46. The molecule has 4 rings (SSSR count). The van der Waals surface area contributed by atoms with Gasteiger partial charge in [-0.2, -0.15) is 0 Å². The van der Waals surface area contributed by atoms with E-state index in [0.717, 1.165) is 26.1 Å². The van der Waals surface area contributed by atoms with Crippen LogP contribution in [0.1, 0.15) is 29.0 Å². The van der Waals surface area contributed by atoms with Gasteiger partial charge >= 0.3 is 0 Å². The summed E-state index contributed by atoms with van der Waals surface area (Å²) < 4.78 is 5.29. The Morgan fingerprint density at radius 3 is 2.65 bits per heavy atom. The molecule has 2 aliphatic heterocycles. The highest BCUT2D eigenvalue weighted by atomic mass is 16.3. The summed E-state index contributed by atoms with van der Waals surface area (Å²) in [5.41, 5.74) is 1.59. The summed E-state index contributed by atoms with van der Waals surface area (Å²) in [6.45, 7) is 2.64. The van der Waals surface area contributed by atoms with Crippen molar-refractivity contribution in [2.45, 2.75) is 24.3 Å². The van der Waals surface area contributed by atoms with Crippen molar-refractivity contribution in [2.75, 3.05) is 26.7 Å². The second-order valence-corrected chi connectivity index (χ2v) is 6.75. The van der Waals surface area contributed by atoms with E-state index in [2.05, 4.69) is 42.3 Å². The molecule has 120 valence electrons. The maximum atomic E-state index is 12.6. The monoisotopic (exact) mass is 310 g/mol. The number of carbonyl (C=O) groups is 1. The summed E-state index contributed by atoms with van der Waals surface area (Å²) in [4.78, 5) is 17.0. The number of likely N-dealkylation sites (tertiary alicyclic amines) is 2. The molecule has 2 aromatic rings. The van der Waals surface area contributed by atoms with E-state index < -0.39 is 0 Å². The molecule has 0 aliphatic carbocycles. The predicted molar refractivity (Wildman–Crippen MR) is 88.4 cm³/mol. The third-order valence-corrected chi connectivity index (χ3v) is 5.67. The van der Waals surface area contributed by atoms with Crippen molar-refractivity contribution in [1.29, 1.82) is 0 Å². The fraction of sp³-hybridized carbons (Fsp3) is 0.421. The van der Waals surface area contributed by atoms with Crippen LogP contribution in [-0.4, -0.2) is 48.4 Å². The molecule has 2 saturated heterocycles. The summed E-state index contributed by atoms with van der Waals surface area (Å²) in [5, 5.41) is 0. The van der Waals surface area contributed by atoms with Crippen LogP contribution < -0.4 is 0 Å². The zero-order chi connectivity index (χ0) is 15.9. The van der Waals surface area contributed by atoms with Gasteiger partial charge in [0.25, 0.3) is 5.91 Å². The lowest BCUT2D eigenvalue weighted by Crippen LogP contribution is -2.56. The van der Waals surface area contributed by atoms with E-state index >= 15 is 0 Å². The number of piperidine rings is 1. The van der Waals surface area contributed by atoms with Crippen LogP contribution in [0.25, 0.3) is 0 Å². The molecule has 4 nitrogen and oxygen atoms in total. The molecule has 1 aromatic heterocycles. The van der Waals surface area contributed by atoms with E-state index in [-0.39, 0.29) is 11.3 Å². The van der Waals surface area contributed by atoms with Gasteiger partial charge in [0.1, 0.15) is 0 Å². The number of carbonyl (C=O) groups excluding carboxylic acids is 1. The molecule has 0 saturated carbocycles. The first-order valence-electron chi connectivity index (χ1n) is 8.29. The van der Waals surface area contributed by atoms with Crippen LogP contribution in [0, 0.1) is 0 Å². The van der Waals surface area contributed by atoms with Gasteiger partial charge in [0, 0.05) is 24.5 Å². The largest absolute Gasteiger partial charge is 0.459 e. The molecular formula is C19H22N2O2. The van der Waals surface area contributed by atoms with Crippen LogP contribution in [0.4, 0.5) is 0 Å². The first-order valence-corrected chi connectivity index (χ1v) is 8.29. The van der Waals surface area contributed by atoms with E-state index in [4.69, 9.17) is 4.42 Å². The zero-order valence-corrected chi connectivity index (χ0v) is 13.4. The maximum absolute atomic E-state index is 12.6. The van der Waals surface area contributed by atoms with Gasteiger partial charge in [-0.05, 0) is 44.1 Å². The second-order valence-electron chi connectivity index (χ2n) is 6.75. The van der Waals surface area contributed by atoms with E-state index in [1.165, 1.54) is 12.0 Å². The van der Waals surface area contributed by atoms with Crippen molar-refractivity contribution >= 4 is 5.91 Å². The average Bonchev–Trinajstić information content (AvgIpc) is 3.24. The highest BCUT2D eigenvalue weighted by Gasteiger charge is 2.50. The van der Waals surface area contributed by atoms with Crippen molar-refractivity contribution in [3.8, 4) is 0 Å². The Labute approximate surface area is 136 Å². The Balaban J connectivity index is 1.62. The third-order valence-electron chi connectivity index (χ3n) is 5.67. The average molecular weight is 310 g/mol. The minimum absolute atomic E-state index is 0.0111. The molecule has 0 radical (unpaired) electrons. The van der Waals surface area contributed by atoms with Crippen molar-refractivity contribution in [3.05, 3.63) is 60.1 Å². The molecule has 23 heavy (non-hydrogen) atoms. The van der Waals surface area contributed by atoms with Gasteiger partial charge in [-0.1, -0.05) is 30.3 Å². The molecule has 0 N–H and O–H groups in total. The molecule has 0 unspecified atom stereocenters. The minimum Gasteiger partial charge on any atom is -0.459 e. The molecule has 3 heterocycles. The molecule has 1 amide bonds. The number of benzene rings is 1. The number of likely N-dealkylation sites (N-methyl/N-ethyl adjacent to an activating group) is 1. The van der Waals surface area contributed by atoms with Crippen LogP contribution in [0.5, 0.6) is 0 Å².